The van der Waals surface area contributed by atoms with E-state index in [1.165, 1.54) is 0 Å². The number of aliphatic carboxylic acids is 1. The van der Waals surface area contributed by atoms with E-state index in [1.807, 2.05) is 6.08 Å². The summed E-state index contributed by atoms with van der Waals surface area (Å²) < 4.78 is 10.5. The molecule has 14 heavy (non-hydrogen) atoms. The van der Waals surface area contributed by atoms with E-state index in [0.717, 1.165) is 12.8 Å². The molecule has 2 unspecified atom stereocenters. The lowest BCUT2D eigenvalue weighted by Crippen LogP contribution is -2.28. The van der Waals surface area contributed by atoms with Gasteiger partial charge in [0, 0.05) is 0 Å². The second-order valence-corrected chi connectivity index (χ2v) is 3.28. The highest BCUT2D eigenvalue weighted by Crippen LogP contribution is 2.11. The summed E-state index contributed by atoms with van der Waals surface area (Å²) in [5.74, 6) is -0.904. The molecule has 0 aromatic heterocycles. The Kier molecular flexibility index (Phi) is 4.46. The van der Waals surface area contributed by atoms with Gasteiger partial charge in [0.1, 0.15) is 6.10 Å². The monoisotopic (exact) mass is 200 g/mol. The zero-order chi connectivity index (χ0) is 10.4. The average molecular weight is 200 g/mol. The summed E-state index contributed by atoms with van der Waals surface area (Å²) in [7, 11) is 0. The fraction of sp³-hybridized carbons (Fsp3) is 0.700. The molecule has 0 aromatic rings. The summed E-state index contributed by atoms with van der Waals surface area (Å²) in [6.07, 6.45) is 5.25. The van der Waals surface area contributed by atoms with E-state index >= 15 is 0 Å². The van der Waals surface area contributed by atoms with Gasteiger partial charge in [-0.05, 0) is 25.3 Å². The van der Waals surface area contributed by atoms with Gasteiger partial charge in [0.15, 0.2) is 6.10 Å². The molecule has 0 aromatic carbocycles. The minimum Gasteiger partial charge on any atom is -0.496 e. The summed E-state index contributed by atoms with van der Waals surface area (Å²) in [6, 6.07) is 0. The topological polar surface area (TPSA) is 55.8 Å². The number of carbonyl (C=O) groups is 1. The van der Waals surface area contributed by atoms with Gasteiger partial charge in [-0.1, -0.05) is 6.92 Å². The highest BCUT2D eigenvalue weighted by Gasteiger charge is 2.19. The Hall–Kier alpha value is -1.03. The number of hydrogen-bond donors (Lipinski definition) is 1. The summed E-state index contributed by atoms with van der Waals surface area (Å²) in [4.78, 5) is 10.6. The molecule has 1 heterocycles. The van der Waals surface area contributed by atoms with Crippen LogP contribution < -0.4 is 0 Å². The van der Waals surface area contributed by atoms with Crippen LogP contribution in [0.25, 0.3) is 0 Å². The van der Waals surface area contributed by atoms with Crippen molar-refractivity contribution in [2.45, 2.75) is 38.4 Å². The summed E-state index contributed by atoms with van der Waals surface area (Å²) >= 11 is 0. The van der Waals surface area contributed by atoms with Crippen LogP contribution in [0.1, 0.15) is 26.2 Å². The largest absolute Gasteiger partial charge is 0.496 e. The van der Waals surface area contributed by atoms with Crippen molar-refractivity contribution in [3.8, 4) is 0 Å². The molecule has 0 aliphatic carbocycles. The number of carboxylic acid groups (broad SMARTS) is 1. The minimum atomic E-state index is -0.904. The number of carboxylic acids is 1. The highest BCUT2D eigenvalue weighted by atomic mass is 16.5. The Morgan fingerprint density at radius 2 is 2.57 bits per heavy atom. The fourth-order valence-electron chi connectivity index (χ4n) is 1.29. The second kappa shape index (κ2) is 5.65. The average Bonchev–Trinajstić information content (AvgIpc) is 2.20. The van der Waals surface area contributed by atoms with Gasteiger partial charge in [0.2, 0.25) is 0 Å². The van der Waals surface area contributed by atoms with Crippen LogP contribution in [0.5, 0.6) is 0 Å². The summed E-state index contributed by atoms with van der Waals surface area (Å²) in [5.41, 5.74) is 0. The third kappa shape index (κ3) is 3.38. The lowest BCUT2D eigenvalue weighted by molar-refractivity contribution is -0.152. The van der Waals surface area contributed by atoms with Crippen LogP contribution in [0.15, 0.2) is 12.3 Å². The van der Waals surface area contributed by atoms with Gasteiger partial charge >= 0.3 is 5.97 Å². The van der Waals surface area contributed by atoms with Gasteiger partial charge in [-0.2, -0.15) is 0 Å². The SMILES string of the molecule is CCC(OCC1CCC=CO1)C(=O)O. The van der Waals surface area contributed by atoms with E-state index in [1.54, 1.807) is 13.2 Å². The van der Waals surface area contributed by atoms with Crippen LogP contribution in [0, 0.1) is 0 Å². The van der Waals surface area contributed by atoms with E-state index in [4.69, 9.17) is 14.6 Å². The molecular formula is C10H16O4. The standard InChI is InChI=1S/C10H16O4/c1-2-9(10(11)12)14-7-8-5-3-4-6-13-8/h4,6,8-9H,2-3,5,7H2,1H3,(H,11,12). The Balaban J connectivity index is 2.24. The Bertz CT molecular complexity index is 212. The number of allylic oxidation sites excluding steroid dienone is 1. The Morgan fingerprint density at radius 1 is 1.79 bits per heavy atom. The molecule has 0 spiro atoms. The van der Waals surface area contributed by atoms with Crippen molar-refractivity contribution in [3.05, 3.63) is 12.3 Å². The normalized spacial score (nSPS) is 22.8. The van der Waals surface area contributed by atoms with E-state index in [-0.39, 0.29) is 6.10 Å². The van der Waals surface area contributed by atoms with Crippen LogP contribution >= 0.6 is 0 Å². The first-order valence-corrected chi connectivity index (χ1v) is 4.89. The smallest absolute Gasteiger partial charge is 0.332 e. The van der Waals surface area contributed by atoms with Gasteiger partial charge in [0.05, 0.1) is 12.9 Å². The molecule has 1 aliphatic heterocycles. The first-order chi connectivity index (χ1) is 6.74. The van der Waals surface area contributed by atoms with Crippen LogP contribution in [-0.2, 0) is 14.3 Å². The fourth-order valence-corrected chi connectivity index (χ4v) is 1.29. The molecule has 0 fully saturated rings. The zero-order valence-corrected chi connectivity index (χ0v) is 8.31. The molecule has 0 amide bonds. The van der Waals surface area contributed by atoms with Crippen molar-refractivity contribution in [2.75, 3.05) is 6.61 Å². The molecule has 2 atom stereocenters. The molecule has 0 bridgehead atoms. The number of hydrogen-bond acceptors (Lipinski definition) is 3. The lowest BCUT2D eigenvalue weighted by Gasteiger charge is -2.21. The predicted molar refractivity (Wildman–Crippen MR) is 50.9 cm³/mol. The van der Waals surface area contributed by atoms with E-state index in [9.17, 15) is 4.79 Å². The number of rotatable bonds is 5. The van der Waals surface area contributed by atoms with Crippen molar-refractivity contribution in [1.82, 2.24) is 0 Å². The maximum absolute atomic E-state index is 10.6. The second-order valence-electron chi connectivity index (χ2n) is 3.28. The first-order valence-electron chi connectivity index (χ1n) is 4.89. The molecule has 1 N–H and O–H groups in total. The van der Waals surface area contributed by atoms with Crippen LogP contribution in [-0.4, -0.2) is 29.9 Å². The molecule has 0 saturated heterocycles. The van der Waals surface area contributed by atoms with E-state index in [0.29, 0.717) is 13.0 Å². The van der Waals surface area contributed by atoms with Crippen molar-refractivity contribution in [3.63, 3.8) is 0 Å². The molecule has 0 radical (unpaired) electrons. The maximum Gasteiger partial charge on any atom is 0.332 e. The van der Waals surface area contributed by atoms with Crippen LogP contribution in [0.2, 0.25) is 0 Å². The molecule has 0 saturated carbocycles. The highest BCUT2D eigenvalue weighted by molar-refractivity contribution is 5.72. The molecular weight excluding hydrogens is 184 g/mol. The van der Waals surface area contributed by atoms with Crippen molar-refractivity contribution >= 4 is 5.97 Å². The third-order valence-corrected chi connectivity index (χ3v) is 2.15. The molecule has 1 rings (SSSR count). The zero-order valence-electron chi connectivity index (χ0n) is 8.31. The molecule has 4 heteroatoms. The van der Waals surface area contributed by atoms with Crippen LogP contribution in [0.4, 0.5) is 0 Å². The maximum atomic E-state index is 10.6. The minimum absolute atomic E-state index is 0.00778. The first kappa shape index (κ1) is 11.0. The van der Waals surface area contributed by atoms with Gasteiger partial charge < -0.3 is 14.6 Å². The predicted octanol–water partition coefficient (Wildman–Crippen LogP) is 1.56. The summed E-state index contributed by atoms with van der Waals surface area (Å²) in [5, 5.41) is 8.72. The van der Waals surface area contributed by atoms with E-state index in [2.05, 4.69) is 0 Å². The summed E-state index contributed by atoms with van der Waals surface area (Å²) in [6.45, 7) is 2.15. The van der Waals surface area contributed by atoms with E-state index < -0.39 is 12.1 Å². The lowest BCUT2D eigenvalue weighted by atomic mass is 10.2. The van der Waals surface area contributed by atoms with Crippen LogP contribution in [0.3, 0.4) is 0 Å². The van der Waals surface area contributed by atoms with Crippen molar-refractivity contribution < 1.29 is 19.4 Å². The molecule has 1 aliphatic rings. The Labute approximate surface area is 83.5 Å². The Morgan fingerprint density at radius 3 is 3.07 bits per heavy atom. The molecule has 4 nitrogen and oxygen atoms in total. The van der Waals surface area contributed by atoms with Gasteiger partial charge in [-0.25, -0.2) is 4.79 Å². The van der Waals surface area contributed by atoms with Gasteiger partial charge in [-0.3, -0.25) is 0 Å². The quantitative estimate of drug-likeness (QED) is 0.731. The van der Waals surface area contributed by atoms with Gasteiger partial charge in [0.25, 0.3) is 0 Å². The number of ether oxygens (including phenoxy) is 2. The van der Waals surface area contributed by atoms with Crippen molar-refractivity contribution in [2.24, 2.45) is 0 Å². The van der Waals surface area contributed by atoms with Gasteiger partial charge in [-0.15, -0.1) is 0 Å². The third-order valence-electron chi connectivity index (χ3n) is 2.15. The molecule has 80 valence electrons. The van der Waals surface area contributed by atoms with Crippen molar-refractivity contribution in [1.29, 1.82) is 0 Å².